The van der Waals surface area contributed by atoms with E-state index in [0.29, 0.717) is 13.0 Å². The molecule has 4 nitrogen and oxygen atoms in total. The zero-order chi connectivity index (χ0) is 14.0. The lowest BCUT2D eigenvalue weighted by atomic mass is 9.98. The van der Waals surface area contributed by atoms with Gasteiger partial charge in [-0.15, -0.1) is 0 Å². The van der Waals surface area contributed by atoms with Gasteiger partial charge in [-0.25, -0.2) is 4.39 Å². The average molecular weight is 287 g/mol. The summed E-state index contributed by atoms with van der Waals surface area (Å²) in [5.41, 5.74) is 0.986. The van der Waals surface area contributed by atoms with Gasteiger partial charge in [0.05, 0.1) is 4.92 Å². The molecule has 0 radical (unpaired) electrons. The van der Waals surface area contributed by atoms with E-state index in [1.165, 1.54) is 12.1 Å². The highest BCUT2D eigenvalue weighted by Crippen LogP contribution is 2.33. The summed E-state index contributed by atoms with van der Waals surface area (Å²) >= 11 is 5.80. The van der Waals surface area contributed by atoms with Gasteiger partial charge in [-0.2, -0.15) is 0 Å². The van der Waals surface area contributed by atoms with Gasteiger partial charge in [0, 0.05) is 38.2 Å². The van der Waals surface area contributed by atoms with E-state index in [1.54, 1.807) is 12.1 Å². The first kappa shape index (κ1) is 14.2. The molecule has 104 valence electrons. The van der Waals surface area contributed by atoms with Crippen LogP contribution < -0.4 is 0 Å². The molecule has 1 heterocycles. The van der Waals surface area contributed by atoms with Gasteiger partial charge in [0.25, 0.3) is 5.69 Å². The molecule has 6 heteroatoms. The fraction of sp³-hybridized carbons (Fsp3) is 0.538. The molecular formula is C13H16ClFN2O2. The number of nitrogens with zero attached hydrogens (tertiary/aromatic N) is 2. The fourth-order valence-electron chi connectivity index (χ4n) is 2.57. The molecule has 2 atom stereocenters. The number of benzene rings is 1. The summed E-state index contributed by atoms with van der Waals surface area (Å²) in [5.74, 6) is 0.203. The topological polar surface area (TPSA) is 46.4 Å². The van der Waals surface area contributed by atoms with E-state index in [-0.39, 0.29) is 18.2 Å². The maximum absolute atomic E-state index is 13.9. The predicted molar refractivity (Wildman–Crippen MR) is 71.8 cm³/mol. The standard InChI is InChI=1S/C13H16ClFN2O2/c1-10-6-13(14,15)9-16(7-10)8-11-2-4-12(5-3-11)17(18)19/h2-5,10H,6-9H2,1H3/t10-,13+/m1/s1. The van der Waals surface area contributed by atoms with Crippen molar-refractivity contribution in [2.75, 3.05) is 13.1 Å². The highest BCUT2D eigenvalue weighted by molar-refractivity contribution is 6.23. The SMILES string of the molecule is C[C@H]1CN(Cc2ccc([N+](=O)[O-])cc2)C[C@](F)(Cl)C1. The van der Waals surface area contributed by atoms with Crippen molar-refractivity contribution in [2.45, 2.75) is 25.0 Å². The minimum Gasteiger partial charge on any atom is -0.294 e. The van der Waals surface area contributed by atoms with Gasteiger partial charge < -0.3 is 0 Å². The first-order valence-corrected chi connectivity index (χ1v) is 6.57. The number of rotatable bonds is 3. The largest absolute Gasteiger partial charge is 0.294 e. The number of alkyl halides is 2. The summed E-state index contributed by atoms with van der Waals surface area (Å²) in [5, 5.41) is 8.89. The molecule has 0 aliphatic carbocycles. The van der Waals surface area contributed by atoms with Crippen LogP contribution in [0, 0.1) is 16.0 Å². The molecule has 1 aliphatic rings. The smallest absolute Gasteiger partial charge is 0.269 e. The second-order valence-corrected chi connectivity index (χ2v) is 5.94. The van der Waals surface area contributed by atoms with Gasteiger partial charge in [0.1, 0.15) is 0 Å². The molecule has 0 bridgehead atoms. The Kier molecular flexibility index (Phi) is 4.06. The van der Waals surface area contributed by atoms with Crippen molar-refractivity contribution in [1.29, 1.82) is 0 Å². The third-order valence-corrected chi connectivity index (χ3v) is 3.50. The number of hydrogen-bond donors (Lipinski definition) is 0. The maximum atomic E-state index is 13.9. The first-order valence-electron chi connectivity index (χ1n) is 6.19. The lowest BCUT2D eigenvalue weighted by Gasteiger charge is -2.37. The van der Waals surface area contributed by atoms with Gasteiger partial charge >= 0.3 is 0 Å². The summed E-state index contributed by atoms with van der Waals surface area (Å²) in [6.45, 7) is 3.50. The Labute approximate surface area is 116 Å². The minimum atomic E-state index is -1.67. The van der Waals surface area contributed by atoms with Gasteiger partial charge in [0.2, 0.25) is 0 Å². The van der Waals surface area contributed by atoms with E-state index in [0.717, 1.165) is 12.1 Å². The van der Waals surface area contributed by atoms with Crippen molar-refractivity contribution in [3.8, 4) is 0 Å². The Morgan fingerprint density at radius 1 is 1.53 bits per heavy atom. The van der Waals surface area contributed by atoms with Crippen molar-refractivity contribution >= 4 is 17.3 Å². The quantitative estimate of drug-likeness (QED) is 0.486. The van der Waals surface area contributed by atoms with Crippen LogP contribution in [0.5, 0.6) is 0 Å². The van der Waals surface area contributed by atoms with Crippen LogP contribution in [-0.2, 0) is 6.54 Å². The van der Waals surface area contributed by atoms with Gasteiger partial charge in [-0.3, -0.25) is 15.0 Å². The zero-order valence-corrected chi connectivity index (χ0v) is 11.4. The Morgan fingerprint density at radius 2 is 2.16 bits per heavy atom. The normalized spacial score (nSPS) is 28.3. The highest BCUT2D eigenvalue weighted by Gasteiger charge is 2.36. The summed E-state index contributed by atoms with van der Waals surface area (Å²) in [4.78, 5) is 12.1. The third kappa shape index (κ3) is 3.88. The monoisotopic (exact) mass is 286 g/mol. The fourth-order valence-corrected chi connectivity index (χ4v) is 3.01. The number of piperidine rings is 1. The van der Waals surface area contributed by atoms with Crippen LogP contribution in [0.2, 0.25) is 0 Å². The van der Waals surface area contributed by atoms with E-state index in [9.17, 15) is 14.5 Å². The van der Waals surface area contributed by atoms with Crippen LogP contribution >= 0.6 is 11.6 Å². The summed E-state index contributed by atoms with van der Waals surface area (Å²) in [6, 6.07) is 6.33. The number of nitro benzene ring substituents is 1. The van der Waals surface area contributed by atoms with Crippen molar-refractivity contribution in [1.82, 2.24) is 4.90 Å². The predicted octanol–water partition coefficient (Wildman–Crippen LogP) is 3.34. The molecule has 1 aromatic rings. The van der Waals surface area contributed by atoms with Crippen LogP contribution in [-0.4, -0.2) is 28.0 Å². The molecular weight excluding hydrogens is 271 g/mol. The van der Waals surface area contributed by atoms with E-state index in [1.807, 2.05) is 11.8 Å². The molecule has 0 N–H and O–H groups in total. The number of nitro groups is 1. The molecule has 2 rings (SSSR count). The number of likely N-dealkylation sites (tertiary alicyclic amines) is 1. The highest BCUT2D eigenvalue weighted by atomic mass is 35.5. The molecule has 1 aliphatic heterocycles. The zero-order valence-electron chi connectivity index (χ0n) is 10.7. The number of non-ortho nitro benzene ring substituents is 1. The van der Waals surface area contributed by atoms with Crippen LogP contribution in [0.3, 0.4) is 0 Å². The van der Waals surface area contributed by atoms with E-state index >= 15 is 0 Å². The Morgan fingerprint density at radius 3 is 2.68 bits per heavy atom. The Hall–Kier alpha value is -1.20. The first-order chi connectivity index (χ1) is 8.85. The molecule has 0 saturated carbocycles. The summed E-state index contributed by atoms with van der Waals surface area (Å²) < 4.78 is 13.9. The minimum absolute atomic E-state index is 0.0629. The average Bonchev–Trinajstić information content (AvgIpc) is 2.26. The maximum Gasteiger partial charge on any atom is 0.269 e. The lowest BCUT2D eigenvalue weighted by molar-refractivity contribution is -0.384. The lowest BCUT2D eigenvalue weighted by Crippen LogP contribution is -2.45. The number of hydrogen-bond acceptors (Lipinski definition) is 3. The van der Waals surface area contributed by atoms with Crippen LogP contribution in [0.4, 0.5) is 10.1 Å². The molecule has 1 fully saturated rings. The van der Waals surface area contributed by atoms with Crippen molar-refractivity contribution in [3.05, 3.63) is 39.9 Å². The van der Waals surface area contributed by atoms with E-state index < -0.39 is 10.1 Å². The van der Waals surface area contributed by atoms with Gasteiger partial charge in [0.15, 0.2) is 5.13 Å². The summed E-state index contributed by atoms with van der Waals surface area (Å²) in [7, 11) is 0. The molecule has 0 unspecified atom stereocenters. The van der Waals surface area contributed by atoms with E-state index in [2.05, 4.69) is 0 Å². The number of halogens is 2. The van der Waals surface area contributed by atoms with Crippen LogP contribution in [0.15, 0.2) is 24.3 Å². The molecule has 1 aromatic carbocycles. The van der Waals surface area contributed by atoms with Gasteiger partial charge in [-0.1, -0.05) is 30.7 Å². The van der Waals surface area contributed by atoms with Crippen molar-refractivity contribution in [2.24, 2.45) is 5.92 Å². The molecule has 0 amide bonds. The van der Waals surface area contributed by atoms with E-state index in [4.69, 9.17) is 11.6 Å². The molecule has 1 saturated heterocycles. The Bertz CT molecular complexity index is 464. The molecule has 0 aromatic heterocycles. The Balaban J connectivity index is 2.02. The van der Waals surface area contributed by atoms with Gasteiger partial charge in [-0.05, 0) is 11.5 Å². The molecule has 19 heavy (non-hydrogen) atoms. The summed E-state index contributed by atoms with van der Waals surface area (Å²) in [6.07, 6.45) is 0.366. The van der Waals surface area contributed by atoms with Crippen LogP contribution in [0.1, 0.15) is 18.9 Å². The second kappa shape index (κ2) is 5.43. The van der Waals surface area contributed by atoms with Crippen molar-refractivity contribution < 1.29 is 9.31 Å². The van der Waals surface area contributed by atoms with Crippen molar-refractivity contribution in [3.63, 3.8) is 0 Å². The van der Waals surface area contributed by atoms with Crippen LogP contribution in [0.25, 0.3) is 0 Å². The molecule has 0 spiro atoms. The third-order valence-electron chi connectivity index (χ3n) is 3.23. The second-order valence-electron chi connectivity index (χ2n) is 5.26.